The van der Waals surface area contributed by atoms with Crippen LogP contribution in [0.3, 0.4) is 0 Å². The third-order valence-electron chi connectivity index (χ3n) is 2.29. The van der Waals surface area contributed by atoms with Crippen LogP contribution in [0.1, 0.15) is 25.8 Å². The Hall–Kier alpha value is -1.82. The Morgan fingerprint density at radius 1 is 1.25 bits per heavy atom. The number of nitrogens with one attached hydrogen (secondary N) is 2. The molecule has 1 aromatic carbocycles. The molecule has 6 heteroatoms. The van der Waals surface area contributed by atoms with Gasteiger partial charge in [-0.2, -0.15) is 5.10 Å². The molecule has 0 unspecified atom stereocenters. The third kappa shape index (κ3) is 6.38. The second-order valence-corrected chi connectivity index (χ2v) is 5.34. The SMILES string of the molecule is CSc1ccc(/C=N/NC(=O)CC(=O)NC(C)C)cc1. The van der Waals surface area contributed by atoms with Crippen molar-refractivity contribution < 1.29 is 9.59 Å². The summed E-state index contributed by atoms with van der Waals surface area (Å²) in [7, 11) is 0. The van der Waals surface area contributed by atoms with Gasteiger partial charge in [-0.05, 0) is 37.8 Å². The zero-order chi connectivity index (χ0) is 15.0. The number of carbonyl (C=O) groups is 2. The van der Waals surface area contributed by atoms with Gasteiger partial charge in [-0.25, -0.2) is 5.43 Å². The van der Waals surface area contributed by atoms with E-state index in [9.17, 15) is 9.59 Å². The zero-order valence-electron chi connectivity index (χ0n) is 11.8. The monoisotopic (exact) mass is 293 g/mol. The Morgan fingerprint density at radius 2 is 1.90 bits per heavy atom. The van der Waals surface area contributed by atoms with E-state index in [4.69, 9.17) is 0 Å². The highest BCUT2D eigenvalue weighted by molar-refractivity contribution is 7.98. The fraction of sp³-hybridized carbons (Fsp3) is 0.357. The average Bonchev–Trinajstić information content (AvgIpc) is 2.38. The van der Waals surface area contributed by atoms with Crippen molar-refractivity contribution in [1.29, 1.82) is 0 Å². The molecule has 0 bridgehead atoms. The van der Waals surface area contributed by atoms with Gasteiger partial charge >= 0.3 is 0 Å². The second-order valence-electron chi connectivity index (χ2n) is 4.47. The number of nitrogens with zero attached hydrogens (tertiary/aromatic N) is 1. The maximum atomic E-state index is 11.4. The smallest absolute Gasteiger partial charge is 0.249 e. The van der Waals surface area contributed by atoms with Crippen LogP contribution < -0.4 is 10.7 Å². The Balaban J connectivity index is 2.39. The van der Waals surface area contributed by atoms with Gasteiger partial charge in [0.15, 0.2) is 0 Å². The first-order chi connectivity index (χ1) is 9.51. The molecular weight excluding hydrogens is 274 g/mol. The van der Waals surface area contributed by atoms with E-state index in [0.717, 1.165) is 10.5 Å². The zero-order valence-corrected chi connectivity index (χ0v) is 12.7. The summed E-state index contributed by atoms with van der Waals surface area (Å²) in [5.41, 5.74) is 3.21. The van der Waals surface area contributed by atoms with Crippen molar-refractivity contribution in [2.75, 3.05) is 6.26 Å². The third-order valence-corrected chi connectivity index (χ3v) is 3.03. The number of rotatable bonds is 6. The van der Waals surface area contributed by atoms with E-state index in [-0.39, 0.29) is 18.4 Å². The molecule has 20 heavy (non-hydrogen) atoms. The standard InChI is InChI=1S/C14H19N3O2S/c1-10(2)16-13(18)8-14(19)17-15-9-11-4-6-12(20-3)7-5-11/h4-7,9-10H,8H2,1-3H3,(H,16,18)(H,17,19)/b15-9+. The molecule has 0 atom stereocenters. The minimum atomic E-state index is -0.430. The predicted molar refractivity (Wildman–Crippen MR) is 81.9 cm³/mol. The van der Waals surface area contributed by atoms with E-state index in [1.165, 1.54) is 0 Å². The van der Waals surface area contributed by atoms with E-state index in [1.807, 2.05) is 44.4 Å². The van der Waals surface area contributed by atoms with Crippen LogP contribution in [0, 0.1) is 0 Å². The van der Waals surface area contributed by atoms with Gasteiger partial charge in [0.2, 0.25) is 11.8 Å². The molecule has 0 fully saturated rings. The second kappa shape index (κ2) is 8.37. The molecular formula is C14H19N3O2S. The summed E-state index contributed by atoms with van der Waals surface area (Å²) in [5, 5.41) is 6.46. The summed E-state index contributed by atoms with van der Waals surface area (Å²) in [5.74, 6) is -0.739. The van der Waals surface area contributed by atoms with Gasteiger partial charge in [0.05, 0.1) is 6.21 Å². The normalized spacial score (nSPS) is 10.8. The fourth-order valence-electron chi connectivity index (χ4n) is 1.43. The fourth-order valence-corrected chi connectivity index (χ4v) is 1.84. The molecule has 5 nitrogen and oxygen atoms in total. The lowest BCUT2D eigenvalue weighted by Crippen LogP contribution is -2.34. The summed E-state index contributed by atoms with van der Waals surface area (Å²) in [6, 6.07) is 7.79. The van der Waals surface area contributed by atoms with E-state index >= 15 is 0 Å². The number of carbonyl (C=O) groups excluding carboxylic acids is 2. The molecule has 0 radical (unpaired) electrons. The molecule has 1 aromatic rings. The molecule has 1 rings (SSSR count). The summed E-state index contributed by atoms with van der Waals surface area (Å²) >= 11 is 1.66. The Kier molecular flexibility index (Phi) is 6.79. The number of thioether (sulfide) groups is 1. The molecule has 0 aliphatic rings. The van der Waals surface area contributed by atoms with Gasteiger partial charge < -0.3 is 5.32 Å². The minimum Gasteiger partial charge on any atom is -0.353 e. The van der Waals surface area contributed by atoms with E-state index in [1.54, 1.807) is 18.0 Å². The highest BCUT2D eigenvalue weighted by atomic mass is 32.2. The van der Waals surface area contributed by atoms with E-state index in [2.05, 4.69) is 15.8 Å². The van der Waals surface area contributed by atoms with Crippen LogP contribution in [0.4, 0.5) is 0 Å². The largest absolute Gasteiger partial charge is 0.353 e. The lowest BCUT2D eigenvalue weighted by molar-refractivity contribution is -0.129. The van der Waals surface area contributed by atoms with Crippen molar-refractivity contribution in [3.05, 3.63) is 29.8 Å². The maximum absolute atomic E-state index is 11.4. The molecule has 0 saturated heterocycles. The average molecular weight is 293 g/mol. The molecule has 2 amide bonds. The van der Waals surface area contributed by atoms with Crippen LogP contribution in [-0.4, -0.2) is 30.3 Å². The molecule has 2 N–H and O–H groups in total. The van der Waals surface area contributed by atoms with E-state index < -0.39 is 5.91 Å². The van der Waals surface area contributed by atoms with Crippen molar-refractivity contribution in [2.24, 2.45) is 5.10 Å². The van der Waals surface area contributed by atoms with Crippen molar-refractivity contribution >= 4 is 29.8 Å². The Labute approximate surface area is 123 Å². The van der Waals surface area contributed by atoms with Crippen molar-refractivity contribution in [1.82, 2.24) is 10.7 Å². The molecule has 0 aromatic heterocycles. The van der Waals surface area contributed by atoms with Gasteiger partial charge in [-0.3, -0.25) is 9.59 Å². The van der Waals surface area contributed by atoms with Crippen LogP contribution >= 0.6 is 11.8 Å². The summed E-state index contributed by atoms with van der Waals surface area (Å²) < 4.78 is 0. The Bertz CT molecular complexity index is 484. The lowest BCUT2D eigenvalue weighted by atomic mass is 10.2. The number of hydrogen-bond acceptors (Lipinski definition) is 4. The lowest BCUT2D eigenvalue weighted by Gasteiger charge is -2.06. The number of hydrazone groups is 1. The van der Waals surface area contributed by atoms with Crippen LogP contribution in [0.25, 0.3) is 0 Å². The number of hydrogen-bond donors (Lipinski definition) is 2. The van der Waals surface area contributed by atoms with Gasteiger partial charge in [-0.15, -0.1) is 11.8 Å². The minimum absolute atomic E-state index is 0.0220. The van der Waals surface area contributed by atoms with Crippen LogP contribution in [0.15, 0.2) is 34.3 Å². The van der Waals surface area contributed by atoms with Gasteiger partial charge in [0.1, 0.15) is 6.42 Å². The molecule has 0 aliphatic carbocycles. The molecule has 0 heterocycles. The molecule has 108 valence electrons. The summed E-state index contributed by atoms with van der Waals surface area (Å²) in [6.45, 7) is 3.68. The van der Waals surface area contributed by atoms with Gasteiger partial charge in [0.25, 0.3) is 0 Å². The first-order valence-corrected chi connectivity index (χ1v) is 7.49. The number of benzene rings is 1. The van der Waals surface area contributed by atoms with Crippen molar-refractivity contribution in [3.8, 4) is 0 Å². The van der Waals surface area contributed by atoms with Crippen molar-refractivity contribution in [2.45, 2.75) is 31.2 Å². The summed E-state index contributed by atoms with van der Waals surface area (Å²) in [4.78, 5) is 23.9. The van der Waals surface area contributed by atoms with Gasteiger partial charge in [0, 0.05) is 10.9 Å². The van der Waals surface area contributed by atoms with Gasteiger partial charge in [-0.1, -0.05) is 12.1 Å². The first-order valence-electron chi connectivity index (χ1n) is 6.26. The topological polar surface area (TPSA) is 70.6 Å². The first kappa shape index (κ1) is 16.2. The highest BCUT2D eigenvalue weighted by Gasteiger charge is 2.08. The highest BCUT2D eigenvalue weighted by Crippen LogP contribution is 2.13. The van der Waals surface area contributed by atoms with Crippen LogP contribution in [0.5, 0.6) is 0 Å². The predicted octanol–water partition coefficient (Wildman–Crippen LogP) is 1.77. The van der Waals surface area contributed by atoms with E-state index in [0.29, 0.717) is 0 Å². The molecule has 0 aliphatic heterocycles. The summed E-state index contributed by atoms with van der Waals surface area (Å²) in [6.07, 6.45) is 3.33. The quantitative estimate of drug-likeness (QED) is 0.363. The Morgan fingerprint density at radius 3 is 2.45 bits per heavy atom. The van der Waals surface area contributed by atoms with Crippen LogP contribution in [-0.2, 0) is 9.59 Å². The molecule has 0 spiro atoms. The van der Waals surface area contributed by atoms with Crippen molar-refractivity contribution in [3.63, 3.8) is 0 Å². The number of amides is 2. The maximum Gasteiger partial charge on any atom is 0.249 e. The van der Waals surface area contributed by atoms with Crippen LogP contribution in [0.2, 0.25) is 0 Å². The molecule has 0 saturated carbocycles.